The van der Waals surface area contributed by atoms with Crippen molar-refractivity contribution in [2.45, 2.75) is 19.1 Å². The summed E-state index contributed by atoms with van der Waals surface area (Å²) in [7, 11) is -2.11. The zero-order valence-corrected chi connectivity index (χ0v) is 14.0. The van der Waals surface area contributed by atoms with Gasteiger partial charge in [-0.25, -0.2) is 13.1 Å². The fourth-order valence-electron chi connectivity index (χ4n) is 1.71. The lowest BCUT2D eigenvalue weighted by Crippen LogP contribution is -2.42. The minimum absolute atomic E-state index is 0.0236. The second-order valence-corrected chi connectivity index (χ2v) is 6.84. The molecule has 0 aliphatic rings. The molecule has 0 atom stereocenters. The van der Waals surface area contributed by atoms with Crippen LogP contribution >= 0.6 is 0 Å². The Balaban J connectivity index is 2.30. The lowest BCUT2D eigenvalue weighted by atomic mass is 10.2. The van der Waals surface area contributed by atoms with Crippen molar-refractivity contribution < 1.29 is 21.6 Å². The van der Waals surface area contributed by atoms with E-state index in [1.807, 2.05) is 18.2 Å². The number of rotatable bonds is 8. The topological polar surface area (TPSA) is 82.6 Å². The van der Waals surface area contributed by atoms with E-state index >= 15 is 0 Å². The van der Waals surface area contributed by atoms with Gasteiger partial charge in [0.2, 0.25) is 10.0 Å². The van der Waals surface area contributed by atoms with Crippen molar-refractivity contribution in [1.29, 1.82) is 0 Å². The van der Waals surface area contributed by atoms with Gasteiger partial charge in [-0.05, 0) is 5.56 Å². The second kappa shape index (κ2) is 9.48. The summed E-state index contributed by atoms with van der Waals surface area (Å²) >= 11 is 0. The molecule has 0 bridgehead atoms. The molecule has 1 aromatic rings. The van der Waals surface area contributed by atoms with Crippen LogP contribution in [0, 0.1) is 0 Å². The monoisotopic (exact) mass is 366 g/mol. The van der Waals surface area contributed by atoms with E-state index in [2.05, 4.69) is 20.3 Å². The molecule has 0 spiro atoms. The molecule has 0 aromatic heterocycles. The lowest BCUT2D eigenvalue weighted by Gasteiger charge is -2.13. The first-order chi connectivity index (χ1) is 11.2. The van der Waals surface area contributed by atoms with E-state index in [9.17, 15) is 21.6 Å². The molecule has 10 heteroatoms. The molecule has 0 radical (unpaired) electrons. The van der Waals surface area contributed by atoms with Gasteiger partial charge in [0.25, 0.3) is 0 Å². The summed E-state index contributed by atoms with van der Waals surface area (Å²) < 4.78 is 62.3. The molecule has 0 unspecified atom stereocenters. The Labute approximate surface area is 139 Å². The number of benzene rings is 1. The second-order valence-electron chi connectivity index (χ2n) is 4.92. The average molecular weight is 366 g/mol. The van der Waals surface area contributed by atoms with Gasteiger partial charge in [0.15, 0.2) is 5.96 Å². The largest absolute Gasteiger partial charge is 0.390 e. The number of alkyl halides is 3. The zero-order valence-electron chi connectivity index (χ0n) is 13.2. The maximum atomic E-state index is 12.1. The molecular formula is C14H21F3N4O2S. The zero-order chi connectivity index (χ0) is 18.1. The minimum atomic E-state index is -4.25. The molecular weight excluding hydrogens is 345 g/mol. The summed E-state index contributed by atoms with van der Waals surface area (Å²) in [5, 5.41) is 5.14. The third-order valence-corrected chi connectivity index (χ3v) is 4.25. The number of nitrogens with one attached hydrogen (secondary N) is 3. The number of hydrogen-bond acceptors (Lipinski definition) is 3. The Kier molecular flexibility index (Phi) is 7.99. The Morgan fingerprint density at radius 1 is 1.12 bits per heavy atom. The molecule has 0 heterocycles. The van der Waals surface area contributed by atoms with Crippen LogP contribution < -0.4 is 15.4 Å². The quantitative estimate of drug-likeness (QED) is 0.477. The number of guanidine groups is 1. The Hall–Kier alpha value is -1.81. The Morgan fingerprint density at radius 2 is 1.75 bits per heavy atom. The highest BCUT2D eigenvalue weighted by molar-refractivity contribution is 7.89. The van der Waals surface area contributed by atoms with E-state index in [1.54, 1.807) is 12.1 Å². The van der Waals surface area contributed by atoms with E-state index in [4.69, 9.17) is 0 Å². The van der Waals surface area contributed by atoms with Gasteiger partial charge in [-0.3, -0.25) is 4.99 Å². The van der Waals surface area contributed by atoms with E-state index in [-0.39, 0.29) is 31.3 Å². The summed E-state index contributed by atoms with van der Waals surface area (Å²) in [6.07, 6.45) is -5.25. The van der Waals surface area contributed by atoms with Crippen LogP contribution in [-0.4, -0.2) is 46.4 Å². The van der Waals surface area contributed by atoms with Crippen LogP contribution in [0.4, 0.5) is 13.2 Å². The summed E-state index contributed by atoms with van der Waals surface area (Å²) in [6.45, 7) is -0.125. The number of hydrogen-bond donors (Lipinski definition) is 3. The van der Waals surface area contributed by atoms with E-state index < -0.39 is 22.6 Å². The fourth-order valence-corrected chi connectivity index (χ4v) is 2.61. The summed E-state index contributed by atoms with van der Waals surface area (Å²) in [5.74, 6) is -0.0997. The van der Waals surface area contributed by atoms with Gasteiger partial charge in [0.05, 0.1) is 12.2 Å². The first kappa shape index (κ1) is 20.2. The predicted molar refractivity (Wildman–Crippen MR) is 87.1 cm³/mol. The predicted octanol–water partition coefficient (Wildman–Crippen LogP) is 1.22. The Morgan fingerprint density at radius 3 is 2.33 bits per heavy atom. The van der Waals surface area contributed by atoms with Gasteiger partial charge in [-0.2, -0.15) is 13.2 Å². The van der Waals surface area contributed by atoms with Gasteiger partial charge in [-0.15, -0.1) is 0 Å². The number of aliphatic imine (C=N–C) groups is 1. The van der Waals surface area contributed by atoms with Crippen LogP contribution in [0.3, 0.4) is 0 Å². The summed E-state index contributed by atoms with van der Waals surface area (Å²) in [5.41, 5.74) is 0.832. The van der Waals surface area contributed by atoms with Crippen molar-refractivity contribution >= 4 is 16.0 Å². The van der Waals surface area contributed by atoms with Gasteiger partial charge in [0, 0.05) is 26.7 Å². The minimum Gasteiger partial charge on any atom is -0.356 e. The van der Waals surface area contributed by atoms with Gasteiger partial charge >= 0.3 is 6.18 Å². The van der Waals surface area contributed by atoms with Gasteiger partial charge < -0.3 is 10.6 Å². The van der Waals surface area contributed by atoms with Crippen LogP contribution in [0.15, 0.2) is 35.3 Å². The highest BCUT2D eigenvalue weighted by atomic mass is 32.2. The molecule has 1 rings (SSSR count). The molecule has 0 fully saturated rings. The molecule has 6 nitrogen and oxygen atoms in total. The number of sulfonamides is 1. The maximum Gasteiger partial charge on any atom is 0.390 e. The van der Waals surface area contributed by atoms with Crippen molar-refractivity contribution in [3.63, 3.8) is 0 Å². The molecule has 0 aliphatic heterocycles. The van der Waals surface area contributed by atoms with Crippen molar-refractivity contribution in [1.82, 2.24) is 15.4 Å². The smallest absolute Gasteiger partial charge is 0.356 e. The third-order valence-electron chi connectivity index (χ3n) is 2.93. The third kappa shape index (κ3) is 9.36. The maximum absolute atomic E-state index is 12.1. The van der Waals surface area contributed by atoms with E-state index in [0.29, 0.717) is 0 Å². The summed E-state index contributed by atoms with van der Waals surface area (Å²) in [4.78, 5) is 3.73. The van der Waals surface area contributed by atoms with E-state index in [1.165, 1.54) is 7.05 Å². The fraction of sp³-hybridized carbons (Fsp3) is 0.500. The first-order valence-electron chi connectivity index (χ1n) is 7.24. The molecule has 0 amide bonds. The lowest BCUT2D eigenvalue weighted by molar-refractivity contribution is -0.132. The Bertz CT molecular complexity index is 619. The first-order valence-corrected chi connectivity index (χ1v) is 8.89. The normalized spacial score (nSPS) is 12.9. The molecule has 24 heavy (non-hydrogen) atoms. The van der Waals surface area contributed by atoms with Crippen LogP contribution in [0.2, 0.25) is 0 Å². The molecule has 136 valence electrons. The highest BCUT2D eigenvalue weighted by Crippen LogP contribution is 2.17. The molecule has 0 saturated carbocycles. The molecule has 0 aliphatic carbocycles. The molecule has 1 aromatic carbocycles. The average Bonchev–Trinajstić information content (AvgIpc) is 2.51. The molecule has 3 N–H and O–H groups in total. The number of nitrogens with zero attached hydrogens (tertiary/aromatic N) is 1. The van der Waals surface area contributed by atoms with Crippen LogP contribution in [0.1, 0.15) is 12.0 Å². The molecule has 0 saturated heterocycles. The van der Waals surface area contributed by atoms with Crippen LogP contribution in [-0.2, 0) is 16.6 Å². The van der Waals surface area contributed by atoms with Gasteiger partial charge in [-0.1, -0.05) is 30.3 Å². The summed E-state index contributed by atoms with van der Waals surface area (Å²) in [6, 6.07) is 9.04. The van der Waals surface area contributed by atoms with Crippen molar-refractivity contribution in [3.8, 4) is 0 Å². The highest BCUT2D eigenvalue weighted by Gasteiger charge is 2.26. The van der Waals surface area contributed by atoms with Crippen molar-refractivity contribution in [3.05, 3.63) is 35.9 Å². The van der Waals surface area contributed by atoms with Crippen LogP contribution in [0.25, 0.3) is 0 Å². The van der Waals surface area contributed by atoms with Crippen molar-refractivity contribution in [2.24, 2.45) is 4.99 Å². The van der Waals surface area contributed by atoms with Crippen LogP contribution in [0.5, 0.6) is 0 Å². The standard InChI is InChI=1S/C14H21F3N4O2S/c1-18-13(19-8-7-14(15,16)17)20-9-10-24(22,23)21-11-12-5-3-2-4-6-12/h2-6,21H,7-11H2,1H3,(H2,18,19,20). The van der Waals surface area contributed by atoms with Gasteiger partial charge in [0.1, 0.15) is 0 Å². The van der Waals surface area contributed by atoms with E-state index in [0.717, 1.165) is 5.56 Å². The van der Waals surface area contributed by atoms with Crippen molar-refractivity contribution in [2.75, 3.05) is 25.9 Å². The number of halogens is 3. The SMILES string of the molecule is CN=C(NCCC(F)(F)F)NCCS(=O)(=O)NCc1ccccc1.